The van der Waals surface area contributed by atoms with Crippen molar-refractivity contribution < 1.29 is 4.79 Å². The molecule has 2 heterocycles. The minimum absolute atomic E-state index is 0.315. The molecule has 0 saturated carbocycles. The highest BCUT2D eigenvalue weighted by Gasteiger charge is 2.09. The molecule has 124 valence electrons. The van der Waals surface area contributed by atoms with Crippen LogP contribution in [0.3, 0.4) is 0 Å². The average Bonchev–Trinajstić information content (AvgIpc) is 3.17. The Bertz CT molecular complexity index is 827. The van der Waals surface area contributed by atoms with Gasteiger partial charge in [0.2, 0.25) is 5.13 Å². The van der Waals surface area contributed by atoms with Gasteiger partial charge < -0.3 is 11.1 Å². The van der Waals surface area contributed by atoms with Gasteiger partial charge in [-0.2, -0.15) is 0 Å². The molecule has 0 spiro atoms. The number of nitrogens with two attached hydrogens (primary N) is 1. The lowest BCUT2D eigenvalue weighted by atomic mass is 10.2. The zero-order valence-electron chi connectivity index (χ0n) is 12.9. The number of rotatable bonds is 5. The lowest BCUT2D eigenvalue weighted by molar-refractivity contribution is 0.252. The normalized spacial score (nSPS) is 10.5. The number of thiazole rings is 1. The summed E-state index contributed by atoms with van der Waals surface area (Å²) >= 11 is 2.72. The molecule has 0 aliphatic rings. The number of aromatic nitrogens is 3. The number of amides is 2. The molecule has 0 bridgehead atoms. The van der Waals surface area contributed by atoms with Crippen LogP contribution in [0.15, 0.2) is 29.6 Å². The van der Waals surface area contributed by atoms with Gasteiger partial charge in [-0.1, -0.05) is 41.2 Å². The third-order valence-corrected chi connectivity index (χ3v) is 4.79. The summed E-state index contributed by atoms with van der Waals surface area (Å²) < 4.78 is 0. The van der Waals surface area contributed by atoms with Crippen molar-refractivity contribution in [2.45, 2.75) is 13.3 Å². The number of aryl methyl sites for hydroxylation is 1. The Morgan fingerprint density at radius 3 is 2.75 bits per heavy atom. The minimum Gasteiger partial charge on any atom is -0.375 e. The predicted octanol–water partition coefficient (Wildman–Crippen LogP) is 2.92. The highest BCUT2D eigenvalue weighted by molar-refractivity contribution is 7.18. The maximum Gasteiger partial charge on any atom is 0.321 e. The van der Waals surface area contributed by atoms with Crippen molar-refractivity contribution in [3.05, 3.63) is 40.9 Å². The molecule has 0 unspecified atom stereocenters. The molecule has 7 nitrogen and oxygen atoms in total. The molecule has 4 N–H and O–H groups in total. The largest absolute Gasteiger partial charge is 0.375 e. The van der Waals surface area contributed by atoms with Gasteiger partial charge in [0.15, 0.2) is 5.13 Å². The summed E-state index contributed by atoms with van der Waals surface area (Å²) in [7, 11) is 0. The van der Waals surface area contributed by atoms with Gasteiger partial charge in [0, 0.05) is 23.9 Å². The molecule has 24 heavy (non-hydrogen) atoms. The number of anilines is 2. The second-order valence-electron chi connectivity index (χ2n) is 5.09. The lowest BCUT2D eigenvalue weighted by Crippen LogP contribution is -2.30. The van der Waals surface area contributed by atoms with Gasteiger partial charge in [-0.05, 0) is 6.92 Å². The molecule has 3 rings (SSSR count). The van der Waals surface area contributed by atoms with Crippen LogP contribution in [0.4, 0.5) is 15.1 Å². The van der Waals surface area contributed by atoms with Crippen LogP contribution in [0.25, 0.3) is 10.6 Å². The molecule has 0 radical (unpaired) electrons. The topological polar surface area (TPSA) is 106 Å². The third kappa shape index (κ3) is 4.27. The van der Waals surface area contributed by atoms with E-state index in [-0.39, 0.29) is 6.03 Å². The van der Waals surface area contributed by atoms with Gasteiger partial charge in [0.25, 0.3) is 0 Å². The second kappa shape index (κ2) is 7.37. The molecule has 0 saturated heterocycles. The van der Waals surface area contributed by atoms with Gasteiger partial charge in [-0.15, -0.1) is 21.5 Å². The van der Waals surface area contributed by atoms with Crippen LogP contribution in [-0.4, -0.2) is 27.8 Å². The number of urea groups is 1. The number of benzene rings is 1. The summed E-state index contributed by atoms with van der Waals surface area (Å²) in [5, 5.41) is 17.2. The van der Waals surface area contributed by atoms with Gasteiger partial charge >= 0.3 is 6.03 Å². The van der Waals surface area contributed by atoms with Crippen LogP contribution in [0, 0.1) is 6.92 Å². The van der Waals surface area contributed by atoms with Gasteiger partial charge in [0.1, 0.15) is 5.01 Å². The molecule has 2 amide bonds. The Hall–Kier alpha value is -2.52. The Morgan fingerprint density at radius 2 is 2.04 bits per heavy atom. The molecule has 2 aromatic heterocycles. The number of carbonyl (C=O) groups excluding carboxylic acids is 1. The highest BCUT2D eigenvalue weighted by Crippen LogP contribution is 2.26. The van der Waals surface area contributed by atoms with E-state index < -0.39 is 0 Å². The van der Waals surface area contributed by atoms with Crippen molar-refractivity contribution >= 4 is 39.0 Å². The SMILES string of the molecule is Cc1ccc(-c2nnc(NC(=O)NCCc3csc(N)n3)s2)cc1. The highest BCUT2D eigenvalue weighted by atomic mass is 32.1. The van der Waals surface area contributed by atoms with E-state index in [9.17, 15) is 4.79 Å². The van der Waals surface area contributed by atoms with Crippen molar-refractivity contribution in [1.82, 2.24) is 20.5 Å². The molecule has 0 fully saturated rings. The first-order chi connectivity index (χ1) is 11.6. The van der Waals surface area contributed by atoms with Crippen molar-refractivity contribution in [3.63, 3.8) is 0 Å². The summed E-state index contributed by atoms with van der Waals surface area (Å²) in [6.45, 7) is 2.50. The van der Waals surface area contributed by atoms with Crippen LogP contribution in [0.2, 0.25) is 0 Å². The molecule has 0 aliphatic heterocycles. The van der Waals surface area contributed by atoms with Crippen molar-refractivity contribution in [2.75, 3.05) is 17.6 Å². The third-order valence-electron chi connectivity index (χ3n) is 3.18. The first-order valence-corrected chi connectivity index (χ1v) is 8.95. The van der Waals surface area contributed by atoms with Crippen LogP contribution < -0.4 is 16.4 Å². The van der Waals surface area contributed by atoms with Crippen molar-refractivity contribution in [2.24, 2.45) is 0 Å². The smallest absolute Gasteiger partial charge is 0.321 e. The summed E-state index contributed by atoms with van der Waals surface area (Å²) in [4.78, 5) is 16.0. The van der Waals surface area contributed by atoms with Crippen LogP contribution in [0.1, 0.15) is 11.3 Å². The molecule has 0 atom stereocenters. The Balaban J connectivity index is 1.50. The van der Waals surface area contributed by atoms with E-state index in [1.807, 2.05) is 36.6 Å². The number of nitrogens with zero attached hydrogens (tertiary/aromatic N) is 3. The van der Waals surface area contributed by atoms with Gasteiger partial charge in [-0.25, -0.2) is 9.78 Å². The van der Waals surface area contributed by atoms with Crippen molar-refractivity contribution in [3.8, 4) is 10.6 Å². The quantitative estimate of drug-likeness (QED) is 0.649. The first-order valence-electron chi connectivity index (χ1n) is 7.25. The van der Waals surface area contributed by atoms with E-state index in [1.165, 1.54) is 28.2 Å². The van der Waals surface area contributed by atoms with Crippen LogP contribution >= 0.6 is 22.7 Å². The summed E-state index contributed by atoms with van der Waals surface area (Å²) in [5.41, 5.74) is 8.60. The van der Waals surface area contributed by atoms with Gasteiger partial charge in [-0.3, -0.25) is 5.32 Å². The zero-order chi connectivity index (χ0) is 16.9. The van der Waals surface area contributed by atoms with E-state index in [0.717, 1.165) is 16.3 Å². The zero-order valence-corrected chi connectivity index (χ0v) is 14.6. The van der Waals surface area contributed by atoms with Crippen LogP contribution in [-0.2, 0) is 6.42 Å². The Kier molecular flexibility index (Phi) is 5.02. The van der Waals surface area contributed by atoms with E-state index >= 15 is 0 Å². The standard InChI is InChI=1S/C15H16N6OS2/c1-9-2-4-10(5-3-9)12-20-21-15(24-12)19-14(22)17-7-6-11-8-23-13(16)18-11/h2-5,8H,6-7H2,1H3,(H2,16,18)(H2,17,19,21,22). The summed E-state index contributed by atoms with van der Waals surface area (Å²) in [5.74, 6) is 0. The summed E-state index contributed by atoms with van der Waals surface area (Å²) in [6.07, 6.45) is 0.631. The lowest BCUT2D eigenvalue weighted by Gasteiger charge is -2.03. The number of hydrogen-bond donors (Lipinski definition) is 3. The molecule has 1 aromatic carbocycles. The predicted molar refractivity (Wildman–Crippen MR) is 97.3 cm³/mol. The second-order valence-corrected chi connectivity index (χ2v) is 6.95. The summed E-state index contributed by atoms with van der Waals surface area (Å²) in [6, 6.07) is 7.69. The number of hydrogen-bond acceptors (Lipinski definition) is 7. The number of carbonyl (C=O) groups is 1. The fraction of sp³-hybridized carbons (Fsp3) is 0.200. The molecular formula is C15H16N6OS2. The van der Waals surface area contributed by atoms with E-state index in [1.54, 1.807) is 0 Å². The molecular weight excluding hydrogens is 344 g/mol. The van der Waals surface area contributed by atoms with E-state index in [0.29, 0.717) is 23.2 Å². The number of nitrogen functional groups attached to an aromatic ring is 1. The van der Waals surface area contributed by atoms with E-state index in [2.05, 4.69) is 25.8 Å². The minimum atomic E-state index is -0.315. The van der Waals surface area contributed by atoms with E-state index in [4.69, 9.17) is 5.73 Å². The molecule has 0 aliphatic carbocycles. The molecule has 3 aromatic rings. The fourth-order valence-corrected chi connectivity index (χ4v) is 3.31. The Morgan fingerprint density at radius 1 is 1.25 bits per heavy atom. The monoisotopic (exact) mass is 360 g/mol. The molecule has 9 heteroatoms. The fourth-order valence-electron chi connectivity index (χ4n) is 1.97. The first kappa shape index (κ1) is 16.3. The van der Waals surface area contributed by atoms with Crippen LogP contribution in [0.5, 0.6) is 0 Å². The average molecular weight is 360 g/mol. The number of nitrogens with one attached hydrogen (secondary N) is 2. The van der Waals surface area contributed by atoms with Crippen molar-refractivity contribution in [1.29, 1.82) is 0 Å². The van der Waals surface area contributed by atoms with Gasteiger partial charge in [0.05, 0.1) is 5.69 Å². The maximum absolute atomic E-state index is 11.9. The Labute approximate surface area is 147 Å². The maximum atomic E-state index is 11.9.